The van der Waals surface area contributed by atoms with Gasteiger partial charge in [0.15, 0.2) is 5.96 Å². The van der Waals surface area contributed by atoms with Gasteiger partial charge >= 0.3 is 0 Å². The van der Waals surface area contributed by atoms with Gasteiger partial charge in [-0.3, -0.25) is 4.99 Å². The zero-order valence-corrected chi connectivity index (χ0v) is 18.9. The normalized spacial score (nSPS) is 19.4. The van der Waals surface area contributed by atoms with Crippen LogP contribution in [-0.4, -0.2) is 57.8 Å². The van der Waals surface area contributed by atoms with Crippen LogP contribution in [-0.2, 0) is 16.6 Å². The van der Waals surface area contributed by atoms with Crippen molar-refractivity contribution in [2.24, 2.45) is 10.4 Å². The molecule has 1 N–H and O–H groups in total. The molecular formula is C18H29IN4O2S. The van der Waals surface area contributed by atoms with E-state index in [2.05, 4.69) is 15.2 Å². The van der Waals surface area contributed by atoms with Crippen molar-refractivity contribution in [2.75, 3.05) is 34.2 Å². The van der Waals surface area contributed by atoms with Gasteiger partial charge in [0.1, 0.15) is 0 Å². The Kier molecular flexibility index (Phi) is 6.95. The number of hydrogen-bond acceptors (Lipinski definition) is 3. The summed E-state index contributed by atoms with van der Waals surface area (Å²) in [5.74, 6) is 0.862. The SMILES string of the molecule is CN=C(NCc1ccccc1S(=O)(=O)N(C)C)N1CCC2(CCC2)C1.I. The molecule has 2 aliphatic rings. The minimum Gasteiger partial charge on any atom is -0.352 e. The summed E-state index contributed by atoms with van der Waals surface area (Å²) >= 11 is 0. The molecule has 2 fully saturated rings. The second kappa shape index (κ2) is 8.43. The van der Waals surface area contributed by atoms with Crippen LogP contribution < -0.4 is 5.32 Å². The van der Waals surface area contributed by atoms with Gasteiger partial charge in [-0.2, -0.15) is 0 Å². The van der Waals surface area contributed by atoms with Gasteiger partial charge < -0.3 is 10.2 Å². The zero-order valence-electron chi connectivity index (χ0n) is 15.7. The summed E-state index contributed by atoms with van der Waals surface area (Å²) in [6, 6.07) is 7.14. The molecule has 6 nitrogen and oxygen atoms in total. The van der Waals surface area contributed by atoms with Crippen molar-refractivity contribution in [1.29, 1.82) is 0 Å². The Morgan fingerprint density at radius 3 is 2.50 bits per heavy atom. The van der Waals surface area contributed by atoms with Crippen molar-refractivity contribution in [2.45, 2.75) is 37.1 Å². The molecular weight excluding hydrogens is 463 g/mol. The van der Waals surface area contributed by atoms with Gasteiger partial charge in [-0.1, -0.05) is 24.6 Å². The highest BCUT2D eigenvalue weighted by Gasteiger charge is 2.43. The molecule has 0 aromatic heterocycles. The lowest BCUT2D eigenvalue weighted by atomic mass is 9.68. The molecule has 26 heavy (non-hydrogen) atoms. The maximum absolute atomic E-state index is 12.5. The molecule has 8 heteroatoms. The van der Waals surface area contributed by atoms with Crippen LogP contribution in [0.3, 0.4) is 0 Å². The summed E-state index contributed by atoms with van der Waals surface area (Å²) in [5, 5.41) is 3.36. The summed E-state index contributed by atoms with van der Waals surface area (Å²) in [5.41, 5.74) is 1.26. The van der Waals surface area contributed by atoms with Crippen molar-refractivity contribution in [3.05, 3.63) is 29.8 Å². The average Bonchev–Trinajstić information content (AvgIpc) is 3.01. The standard InChI is InChI=1S/C18H28N4O2S.HI/c1-19-17(22-12-11-18(14-22)9-6-10-18)20-13-15-7-4-5-8-16(15)25(23,24)21(2)3;/h4-5,7-8H,6,9-14H2,1-3H3,(H,19,20);1H. The summed E-state index contributed by atoms with van der Waals surface area (Å²) in [7, 11) is 1.45. The summed E-state index contributed by atoms with van der Waals surface area (Å²) in [6.45, 7) is 2.53. The smallest absolute Gasteiger partial charge is 0.242 e. The average molecular weight is 492 g/mol. The van der Waals surface area contributed by atoms with Crippen LogP contribution in [0.4, 0.5) is 0 Å². The lowest BCUT2D eigenvalue weighted by Gasteiger charge is -2.38. The predicted molar refractivity (Wildman–Crippen MR) is 115 cm³/mol. The number of nitrogens with zero attached hydrogens (tertiary/aromatic N) is 3. The van der Waals surface area contributed by atoms with Crippen molar-refractivity contribution in [1.82, 2.24) is 14.5 Å². The second-order valence-corrected chi connectivity index (χ2v) is 9.44. The van der Waals surface area contributed by atoms with Crippen molar-refractivity contribution in [3.8, 4) is 0 Å². The molecule has 1 aliphatic heterocycles. The molecule has 0 amide bonds. The number of nitrogens with one attached hydrogen (secondary N) is 1. The van der Waals surface area contributed by atoms with E-state index in [0.29, 0.717) is 16.9 Å². The maximum atomic E-state index is 12.5. The fourth-order valence-corrected chi connectivity index (χ4v) is 4.92. The molecule has 0 unspecified atom stereocenters. The Morgan fingerprint density at radius 1 is 1.27 bits per heavy atom. The van der Waals surface area contributed by atoms with Crippen LogP contribution in [0.2, 0.25) is 0 Å². The van der Waals surface area contributed by atoms with Crippen LogP contribution in [0.25, 0.3) is 0 Å². The lowest BCUT2D eigenvalue weighted by Crippen LogP contribution is -2.42. The van der Waals surface area contributed by atoms with E-state index < -0.39 is 10.0 Å². The minimum atomic E-state index is -3.45. The van der Waals surface area contributed by atoms with Gasteiger partial charge in [-0.25, -0.2) is 12.7 Å². The number of halogens is 1. The van der Waals surface area contributed by atoms with Crippen molar-refractivity contribution >= 4 is 40.0 Å². The van der Waals surface area contributed by atoms with Crippen LogP contribution in [0.15, 0.2) is 34.2 Å². The first-order valence-electron chi connectivity index (χ1n) is 8.84. The quantitative estimate of drug-likeness (QED) is 0.399. The van der Waals surface area contributed by atoms with E-state index in [9.17, 15) is 8.42 Å². The highest BCUT2D eigenvalue weighted by Crippen LogP contribution is 2.47. The molecule has 1 aromatic carbocycles. The molecule has 3 rings (SSSR count). The molecule has 0 bridgehead atoms. The van der Waals surface area contributed by atoms with Crippen LogP contribution in [0, 0.1) is 5.41 Å². The van der Waals surface area contributed by atoms with Gasteiger partial charge in [0.05, 0.1) is 4.90 Å². The first kappa shape index (κ1) is 21.4. The number of benzene rings is 1. The van der Waals surface area contributed by atoms with Crippen molar-refractivity contribution in [3.63, 3.8) is 0 Å². The lowest BCUT2D eigenvalue weighted by molar-refractivity contribution is 0.151. The van der Waals surface area contributed by atoms with E-state index in [0.717, 1.165) is 24.6 Å². The van der Waals surface area contributed by atoms with Crippen LogP contribution >= 0.6 is 24.0 Å². The van der Waals surface area contributed by atoms with Crippen LogP contribution in [0.5, 0.6) is 0 Å². The van der Waals surface area contributed by atoms with Gasteiger partial charge in [-0.15, -0.1) is 24.0 Å². The molecule has 0 radical (unpaired) electrons. The number of guanidine groups is 1. The summed E-state index contributed by atoms with van der Waals surface area (Å²) in [6.07, 6.45) is 5.23. The Labute approximate surface area is 174 Å². The largest absolute Gasteiger partial charge is 0.352 e. The number of sulfonamides is 1. The first-order chi connectivity index (χ1) is 11.9. The Balaban J connectivity index is 0.00000243. The monoisotopic (exact) mass is 492 g/mol. The highest BCUT2D eigenvalue weighted by molar-refractivity contribution is 14.0. The fourth-order valence-electron chi connectivity index (χ4n) is 3.81. The molecule has 1 saturated carbocycles. The van der Waals surface area contributed by atoms with Crippen LogP contribution in [0.1, 0.15) is 31.2 Å². The molecule has 1 saturated heterocycles. The topological polar surface area (TPSA) is 65.0 Å². The molecule has 1 spiro atoms. The van der Waals surface area contributed by atoms with Gasteiger partial charge in [0, 0.05) is 40.8 Å². The molecule has 1 heterocycles. The Bertz CT molecular complexity index is 760. The van der Waals surface area contributed by atoms with Gasteiger partial charge in [0.2, 0.25) is 10.0 Å². The third-order valence-corrected chi connectivity index (χ3v) is 7.45. The third-order valence-electron chi connectivity index (χ3n) is 5.53. The van der Waals surface area contributed by atoms with Crippen molar-refractivity contribution < 1.29 is 8.42 Å². The predicted octanol–water partition coefficient (Wildman–Crippen LogP) is 2.51. The first-order valence-corrected chi connectivity index (χ1v) is 10.3. The van der Waals surface area contributed by atoms with E-state index in [-0.39, 0.29) is 24.0 Å². The van der Waals surface area contributed by atoms with Gasteiger partial charge in [0.25, 0.3) is 0 Å². The maximum Gasteiger partial charge on any atom is 0.242 e. The number of aliphatic imine (C=N–C) groups is 1. The molecule has 1 aliphatic carbocycles. The van der Waals surface area contributed by atoms with E-state index in [1.807, 2.05) is 12.1 Å². The fraction of sp³-hybridized carbons (Fsp3) is 0.611. The third kappa shape index (κ3) is 4.17. The zero-order chi connectivity index (χ0) is 18.1. The molecule has 0 atom stereocenters. The number of rotatable bonds is 4. The second-order valence-electron chi connectivity index (χ2n) is 7.32. The van der Waals surface area contributed by atoms with Gasteiger partial charge in [-0.05, 0) is 36.3 Å². The summed E-state index contributed by atoms with van der Waals surface area (Å²) in [4.78, 5) is 7.06. The van der Waals surface area contributed by atoms with E-state index in [1.54, 1.807) is 33.3 Å². The molecule has 146 valence electrons. The number of likely N-dealkylation sites (tertiary alicyclic amines) is 1. The highest BCUT2D eigenvalue weighted by atomic mass is 127. The van der Waals surface area contributed by atoms with E-state index in [4.69, 9.17) is 0 Å². The Hall–Kier alpha value is -0.870. The minimum absolute atomic E-state index is 0. The number of hydrogen-bond donors (Lipinski definition) is 1. The molecule has 1 aromatic rings. The van der Waals surface area contributed by atoms with E-state index in [1.165, 1.54) is 30.0 Å². The Morgan fingerprint density at radius 2 is 1.96 bits per heavy atom. The summed E-state index contributed by atoms with van der Waals surface area (Å²) < 4.78 is 26.3. The van der Waals surface area contributed by atoms with E-state index >= 15 is 0 Å².